The molecule has 0 radical (unpaired) electrons. The minimum atomic E-state index is -3.39. The van der Waals surface area contributed by atoms with Crippen molar-refractivity contribution in [3.63, 3.8) is 0 Å². The van der Waals surface area contributed by atoms with Crippen molar-refractivity contribution in [3.05, 3.63) is 0 Å². The third-order valence-electron chi connectivity index (χ3n) is 4.02. The highest BCUT2D eigenvalue weighted by molar-refractivity contribution is 7.86. The van der Waals surface area contributed by atoms with Crippen molar-refractivity contribution in [2.45, 2.75) is 57.0 Å². The van der Waals surface area contributed by atoms with Gasteiger partial charge in [0.05, 0.1) is 6.61 Å². The lowest BCUT2D eigenvalue weighted by Gasteiger charge is -2.34. The van der Waals surface area contributed by atoms with E-state index >= 15 is 0 Å². The van der Waals surface area contributed by atoms with Gasteiger partial charge in [-0.25, -0.2) is 0 Å². The van der Waals surface area contributed by atoms with Crippen molar-refractivity contribution >= 4 is 10.2 Å². The van der Waals surface area contributed by atoms with E-state index in [-0.39, 0.29) is 25.2 Å². The van der Waals surface area contributed by atoms with E-state index in [4.69, 9.17) is 5.11 Å². The second kappa shape index (κ2) is 5.86. The van der Waals surface area contributed by atoms with E-state index in [9.17, 15) is 8.42 Å². The second-order valence-electron chi connectivity index (χ2n) is 5.38. The minimum absolute atomic E-state index is 0.103. The molecule has 0 atom stereocenters. The molecule has 0 unspecified atom stereocenters. The highest BCUT2D eigenvalue weighted by Crippen LogP contribution is 2.32. The van der Waals surface area contributed by atoms with Crippen LogP contribution in [0.4, 0.5) is 0 Å². The molecule has 2 aliphatic carbocycles. The first-order chi connectivity index (χ1) is 8.57. The molecule has 0 aromatic carbocycles. The Labute approximate surface area is 110 Å². The van der Waals surface area contributed by atoms with Crippen LogP contribution in [-0.2, 0) is 10.2 Å². The maximum absolute atomic E-state index is 12.5. The van der Waals surface area contributed by atoms with E-state index in [0.29, 0.717) is 0 Å². The van der Waals surface area contributed by atoms with E-state index in [1.165, 1.54) is 10.7 Å². The summed E-state index contributed by atoms with van der Waals surface area (Å²) in [6, 6.07) is 0.261. The van der Waals surface area contributed by atoms with Crippen LogP contribution in [0.5, 0.6) is 0 Å². The Morgan fingerprint density at radius 2 is 1.67 bits per heavy atom. The van der Waals surface area contributed by atoms with Crippen molar-refractivity contribution in [1.29, 1.82) is 0 Å². The van der Waals surface area contributed by atoms with E-state index in [1.807, 2.05) is 0 Å². The number of rotatable bonds is 6. The van der Waals surface area contributed by atoms with Crippen LogP contribution in [0.3, 0.4) is 0 Å². The molecule has 0 aliphatic heterocycles. The summed E-state index contributed by atoms with van der Waals surface area (Å²) in [5, 5.41) is 9.04. The van der Waals surface area contributed by atoms with Crippen LogP contribution in [0.1, 0.15) is 44.9 Å². The number of aliphatic hydroxyl groups is 1. The summed E-state index contributed by atoms with van der Waals surface area (Å²) < 4.78 is 28.1. The van der Waals surface area contributed by atoms with Gasteiger partial charge in [-0.15, -0.1) is 0 Å². The Balaban J connectivity index is 2.07. The quantitative estimate of drug-likeness (QED) is 0.786. The van der Waals surface area contributed by atoms with Gasteiger partial charge in [0.25, 0.3) is 10.2 Å². The van der Waals surface area contributed by atoms with Gasteiger partial charge in [-0.05, 0) is 25.7 Å². The normalized spacial score (nSPS) is 22.9. The van der Waals surface area contributed by atoms with Crippen LogP contribution in [0.15, 0.2) is 0 Å². The van der Waals surface area contributed by atoms with Crippen LogP contribution in [0.2, 0.25) is 0 Å². The molecule has 6 heteroatoms. The number of hydrogen-bond acceptors (Lipinski definition) is 3. The zero-order valence-corrected chi connectivity index (χ0v) is 11.9. The summed E-state index contributed by atoms with van der Waals surface area (Å²) >= 11 is 0. The predicted octanol–water partition coefficient (Wildman–Crippen LogP) is 0.952. The van der Waals surface area contributed by atoms with Gasteiger partial charge in [0.1, 0.15) is 0 Å². The van der Waals surface area contributed by atoms with Gasteiger partial charge in [-0.3, -0.25) is 0 Å². The average Bonchev–Trinajstić information content (AvgIpc) is 3.20. The summed E-state index contributed by atoms with van der Waals surface area (Å²) in [6.07, 6.45) is 7.24. The van der Waals surface area contributed by atoms with Crippen LogP contribution >= 0.6 is 0 Å². The highest BCUT2D eigenvalue weighted by atomic mass is 32.2. The molecule has 0 bridgehead atoms. The molecule has 18 heavy (non-hydrogen) atoms. The molecule has 2 aliphatic rings. The molecule has 0 aromatic rings. The highest BCUT2D eigenvalue weighted by Gasteiger charge is 2.40. The average molecular weight is 276 g/mol. The molecule has 0 spiro atoms. The molecule has 2 rings (SSSR count). The van der Waals surface area contributed by atoms with E-state index in [2.05, 4.69) is 0 Å². The smallest absolute Gasteiger partial charge is 0.282 e. The second-order valence-corrected chi connectivity index (χ2v) is 7.32. The lowest BCUT2D eigenvalue weighted by molar-refractivity contribution is 0.226. The number of hydrogen-bond donors (Lipinski definition) is 1. The predicted molar refractivity (Wildman–Crippen MR) is 70.4 cm³/mol. The largest absolute Gasteiger partial charge is 0.395 e. The maximum Gasteiger partial charge on any atom is 0.282 e. The van der Waals surface area contributed by atoms with Gasteiger partial charge in [-0.2, -0.15) is 17.0 Å². The summed E-state index contributed by atoms with van der Waals surface area (Å²) in [4.78, 5) is 0. The molecule has 0 aromatic heterocycles. The van der Waals surface area contributed by atoms with Crippen molar-refractivity contribution in [2.24, 2.45) is 0 Å². The molecular formula is C12H24N2O3S. The molecule has 2 fully saturated rings. The van der Waals surface area contributed by atoms with Gasteiger partial charge >= 0.3 is 0 Å². The fraction of sp³-hybridized carbons (Fsp3) is 1.00. The molecule has 0 heterocycles. The zero-order chi connectivity index (χ0) is 13.2. The van der Waals surface area contributed by atoms with Crippen LogP contribution in [0, 0.1) is 0 Å². The lowest BCUT2D eigenvalue weighted by atomic mass is 9.96. The van der Waals surface area contributed by atoms with Gasteiger partial charge < -0.3 is 5.11 Å². The Morgan fingerprint density at radius 3 is 2.17 bits per heavy atom. The molecule has 106 valence electrons. The van der Waals surface area contributed by atoms with Crippen molar-refractivity contribution in [2.75, 3.05) is 20.2 Å². The van der Waals surface area contributed by atoms with Crippen LogP contribution in [0.25, 0.3) is 0 Å². The summed E-state index contributed by atoms with van der Waals surface area (Å²) in [5.41, 5.74) is 0. The third kappa shape index (κ3) is 3.04. The topological polar surface area (TPSA) is 60.9 Å². The first-order valence-corrected chi connectivity index (χ1v) is 8.32. The van der Waals surface area contributed by atoms with Gasteiger partial charge in [0.15, 0.2) is 0 Å². The van der Waals surface area contributed by atoms with E-state index < -0.39 is 10.2 Å². The third-order valence-corrected chi connectivity index (χ3v) is 6.12. The standard InChI is InChI=1S/C12H24N2O3S/c1-13(11-5-3-2-4-6-11)18(16,17)14(9-10-15)12-7-8-12/h11-12,15H,2-10H2,1H3. The Hall–Kier alpha value is -0.170. The van der Waals surface area contributed by atoms with Gasteiger partial charge in [0.2, 0.25) is 0 Å². The fourth-order valence-corrected chi connectivity index (χ4v) is 4.56. The zero-order valence-electron chi connectivity index (χ0n) is 11.1. The van der Waals surface area contributed by atoms with Crippen molar-refractivity contribution in [1.82, 2.24) is 8.61 Å². The van der Waals surface area contributed by atoms with Crippen molar-refractivity contribution < 1.29 is 13.5 Å². The Kier molecular flexibility index (Phi) is 4.64. The number of aliphatic hydroxyl groups excluding tert-OH is 1. The molecule has 0 amide bonds. The van der Waals surface area contributed by atoms with Crippen LogP contribution < -0.4 is 0 Å². The SMILES string of the molecule is CN(C1CCCCC1)S(=O)(=O)N(CCO)C1CC1. The van der Waals surface area contributed by atoms with Gasteiger partial charge in [0, 0.05) is 25.7 Å². The van der Waals surface area contributed by atoms with E-state index in [0.717, 1.165) is 38.5 Å². The fourth-order valence-electron chi connectivity index (χ4n) is 2.75. The Morgan fingerprint density at radius 1 is 1.06 bits per heavy atom. The number of nitrogens with zero attached hydrogens (tertiary/aromatic N) is 2. The first-order valence-electron chi connectivity index (χ1n) is 6.93. The summed E-state index contributed by atoms with van der Waals surface area (Å²) in [5.74, 6) is 0. The molecule has 0 saturated heterocycles. The molecule has 5 nitrogen and oxygen atoms in total. The summed E-state index contributed by atoms with van der Waals surface area (Å²) in [7, 11) is -1.70. The van der Waals surface area contributed by atoms with Crippen LogP contribution in [-0.4, -0.2) is 54.4 Å². The van der Waals surface area contributed by atoms with Gasteiger partial charge in [-0.1, -0.05) is 19.3 Å². The van der Waals surface area contributed by atoms with E-state index in [1.54, 1.807) is 11.4 Å². The summed E-state index contributed by atoms with van der Waals surface area (Å²) in [6.45, 7) is 0.123. The minimum Gasteiger partial charge on any atom is -0.395 e. The maximum atomic E-state index is 12.5. The molecule has 2 saturated carbocycles. The molecular weight excluding hydrogens is 252 g/mol. The Bertz CT molecular complexity index is 362. The monoisotopic (exact) mass is 276 g/mol. The first kappa shape index (κ1) is 14.2. The lowest BCUT2D eigenvalue weighted by Crippen LogP contribution is -2.48. The van der Waals surface area contributed by atoms with Crippen molar-refractivity contribution in [3.8, 4) is 0 Å². The molecule has 1 N–H and O–H groups in total.